The molecule has 1 saturated heterocycles. The van der Waals surface area contributed by atoms with E-state index in [9.17, 15) is 14.7 Å². The van der Waals surface area contributed by atoms with E-state index in [0.29, 0.717) is 6.42 Å². The molecule has 1 aliphatic heterocycles. The fourth-order valence-corrected chi connectivity index (χ4v) is 4.26. The Kier molecular flexibility index (Phi) is 4.21. The molecule has 0 aromatic heterocycles. The third-order valence-electron chi connectivity index (χ3n) is 5.65. The Bertz CT molecular complexity index is 705. The number of ether oxygens (including phenoxy) is 2. The Balaban J connectivity index is 2.00. The SMILES string of the molecule is C=C(CO)C(=O)OC1CC2(C)C(O)C=CC(=C)C2C2OC(=O)C(=C)C12. The van der Waals surface area contributed by atoms with Crippen molar-refractivity contribution >= 4 is 11.9 Å². The van der Waals surface area contributed by atoms with E-state index in [1.54, 1.807) is 12.2 Å². The summed E-state index contributed by atoms with van der Waals surface area (Å²) in [6.45, 7) is 12.7. The zero-order valence-corrected chi connectivity index (χ0v) is 14.1. The summed E-state index contributed by atoms with van der Waals surface area (Å²) in [7, 11) is 0. The van der Waals surface area contributed by atoms with Gasteiger partial charge in [-0.25, -0.2) is 9.59 Å². The van der Waals surface area contributed by atoms with Crippen LogP contribution in [0.25, 0.3) is 0 Å². The van der Waals surface area contributed by atoms with E-state index in [0.717, 1.165) is 5.57 Å². The number of hydrogen-bond donors (Lipinski definition) is 2. The molecule has 134 valence electrons. The topological polar surface area (TPSA) is 93.1 Å². The van der Waals surface area contributed by atoms with Crippen molar-refractivity contribution in [3.05, 3.63) is 48.6 Å². The highest BCUT2D eigenvalue weighted by atomic mass is 16.6. The summed E-state index contributed by atoms with van der Waals surface area (Å²) >= 11 is 0. The molecule has 0 bridgehead atoms. The zero-order chi connectivity index (χ0) is 18.5. The van der Waals surface area contributed by atoms with Crippen LogP contribution in [-0.4, -0.2) is 47.1 Å². The van der Waals surface area contributed by atoms with Crippen molar-refractivity contribution in [3.8, 4) is 0 Å². The second-order valence-corrected chi connectivity index (χ2v) is 7.19. The van der Waals surface area contributed by atoms with E-state index < -0.39 is 48.2 Å². The minimum atomic E-state index is -0.793. The molecule has 2 aliphatic carbocycles. The Morgan fingerprint density at radius 2 is 2.16 bits per heavy atom. The standard InChI is InChI=1S/C19H22O6/c1-9-5-6-13(21)19(4)7-12(24-17(22)10(2)8-20)14-11(3)18(23)25-16(14)15(9)19/h5-6,12-16,20-21H,1-3,7-8H2,4H3. The number of carbonyl (C=O) groups is 2. The first-order valence-electron chi connectivity index (χ1n) is 8.15. The lowest BCUT2D eigenvalue weighted by Crippen LogP contribution is -2.57. The minimum absolute atomic E-state index is 0.0758. The lowest BCUT2D eigenvalue weighted by molar-refractivity contribution is -0.169. The quantitative estimate of drug-likeness (QED) is 0.586. The van der Waals surface area contributed by atoms with Gasteiger partial charge in [-0.1, -0.05) is 38.8 Å². The average molecular weight is 346 g/mol. The molecule has 0 aromatic carbocycles. The van der Waals surface area contributed by atoms with Crippen molar-refractivity contribution in [1.29, 1.82) is 0 Å². The van der Waals surface area contributed by atoms with Crippen molar-refractivity contribution in [1.82, 2.24) is 0 Å². The predicted molar refractivity (Wildman–Crippen MR) is 89.1 cm³/mol. The normalized spacial score (nSPS) is 39.5. The van der Waals surface area contributed by atoms with Gasteiger partial charge in [0.05, 0.1) is 24.2 Å². The van der Waals surface area contributed by atoms with Crippen molar-refractivity contribution in [3.63, 3.8) is 0 Å². The largest absolute Gasteiger partial charge is 0.458 e. The van der Waals surface area contributed by atoms with Crippen molar-refractivity contribution in [2.24, 2.45) is 17.3 Å². The first-order valence-corrected chi connectivity index (χ1v) is 8.15. The average Bonchev–Trinajstić information content (AvgIpc) is 2.85. The zero-order valence-electron chi connectivity index (χ0n) is 14.1. The van der Waals surface area contributed by atoms with Crippen LogP contribution in [0.15, 0.2) is 48.6 Å². The molecule has 1 saturated carbocycles. The molecule has 6 heteroatoms. The summed E-state index contributed by atoms with van der Waals surface area (Å²) in [5.41, 5.74) is 0.225. The number of carbonyl (C=O) groups excluding carboxylic acids is 2. The lowest BCUT2D eigenvalue weighted by Gasteiger charge is -2.52. The van der Waals surface area contributed by atoms with Crippen LogP contribution in [0.1, 0.15) is 13.3 Å². The van der Waals surface area contributed by atoms with Gasteiger partial charge in [0.1, 0.15) is 12.2 Å². The van der Waals surface area contributed by atoms with Crippen LogP contribution in [0.2, 0.25) is 0 Å². The second-order valence-electron chi connectivity index (χ2n) is 7.19. The second kappa shape index (κ2) is 5.97. The maximum Gasteiger partial charge on any atom is 0.336 e. The number of aliphatic hydroxyl groups excluding tert-OH is 2. The Morgan fingerprint density at radius 1 is 1.48 bits per heavy atom. The Morgan fingerprint density at radius 3 is 2.80 bits per heavy atom. The van der Waals surface area contributed by atoms with Crippen molar-refractivity contribution in [2.45, 2.75) is 31.7 Å². The molecule has 0 amide bonds. The highest BCUT2D eigenvalue weighted by Crippen LogP contribution is 2.56. The van der Waals surface area contributed by atoms with E-state index in [1.807, 2.05) is 6.92 Å². The number of rotatable bonds is 3. The molecule has 3 aliphatic rings. The van der Waals surface area contributed by atoms with Gasteiger partial charge in [0.15, 0.2) is 0 Å². The van der Waals surface area contributed by atoms with Crippen LogP contribution < -0.4 is 0 Å². The molecule has 1 heterocycles. The van der Waals surface area contributed by atoms with Crippen LogP contribution in [0.4, 0.5) is 0 Å². The van der Waals surface area contributed by atoms with Gasteiger partial charge in [-0.15, -0.1) is 0 Å². The molecule has 6 atom stereocenters. The van der Waals surface area contributed by atoms with E-state index in [-0.39, 0.29) is 17.1 Å². The highest BCUT2D eigenvalue weighted by molar-refractivity contribution is 5.92. The molecule has 0 radical (unpaired) electrons. The monoisotopic (exact) mass is 346 g/mol. The fraction of sp³-hybridized carbons (Fsp3) is 0.474. The van der Waals surface area contributed by atoms with Crippen molar-refractivity contribution < 1.29 is 29.3 Å². The molecule has 6 unspecified atom stereocenters. The number of aliphatic hydroxyl groups is 2. The maximum absolute atomic E-state index is 12.1. The molecule has 6 nitrogen and oxygen atoms in total. The van der Waals surface area contributed by atoms with Gasteiger partial charge in [-0.05, 0) is 12.0 Å². The van der Waals surface area contributed by atoms with Crippen LogP contribution in [0.3, 0.4) is 0 Å². The first-order chi connectivity index (χ1) is 11.7. The van der Waals surface area contributed by atoms with Crippen molar-refractivity contribution in [2.75, 3.05) is 6.61 Å². The Hall–Kier alpha value is -2.18. The maximum atomic E-state index is 12.1. The van der Waals surface area contributed by atoms with Gasteiger partial charge in [0.2, 0.25) is 0 Å². The summed E-state index contributed by atoms with van der Waals surface area (Å²) < 4.78 is 11.0. The highest BCUT2D eigenvalue weighted by Gasteiger charge is 2.61. The molecule has 3 rings (SSSR count). The summed E-state index contributed by atoms with van der Waals surface area (Å²) in [6.07, 6.45) is 1.59. The van der Waals surface area contributed by atoms with E-state index >= 15 is 0 Å². The first kappa shape index (κ1) is 17.6. The summed E-state index contributed by atoms with van der Waals surface area (Å²) in [4.78, 5) is 24.2. The van der Waals surface area contributed by atoms with E-state index in [4.69, 9.17) is 14.6 Å². The summed E-state index contributed by atoms with van der Waals surface area (Å²) in [5.74, 6) is -2.08. The molecular weight excluding hydrogens is 324 g/mol. The van der Waals surface area contributed by atoms with Gasteiger partial charge in [0, 0.05) is 16.9 Å². The predicted octanol–water partition coefficient (Wildman–Crippen LogP) is 1.06. The molecule has 0 spiro atoms. The summed E-state index contributed by atoms with van der Waals surface area (Å²) in [6, 6.07) is 0. The third kappa shape index (κ3) is 2.56. The van der Waals surface area contributed by atoms with E-state index in [1.165, 1.54) is 0 Å². The van der Waals surface area contributed by atoms with Crippen LogP contribution in [0.5, 0.6) is 0 Å². The number of fused-ring (bicyclic) bond motifs is 3. The molecule has 2 fully saturated rings. The van der Waals surface area contributed by atoms with Gasteiger partial charge in [-0.3, -0.25) is 0 Å². The fourth-order valence-electron chi connectivity index (χ4n) is 4.26. The van der Waals surface area contributed by atoms with Gasteiger partial charge in [-0.2, -0.15) is 0 Å². The van der Waals surface area contributed by atoms with Crippen LogP contribution >= 0.6 is 0 Å². The van der Waals surface area contributed by atoms with Gasteiger partial charge < -0.3 is 19.7 Å². The minimum Gasteiger partial charge on any atom is -0.458 e. The summed E-state index contributed by atoms with van der Waals surface area (Å²) in [5, 5.41) is 19.6. The molecule has 0 aromatic rings. The smallest absolute Gasteiger partial charge is 0.336 e. The third-order valence-corrected chi connectivity index (χ3v) is 5.65. The molecule has 2 N–H and O–H groups in total. The lowest BCUT2D eigenvalue weighted by atomic mass is 9.55. The van der Waals surface area contributed by atoms with E-state index in [2.05, 4.69) is 19.7 Å². The molecular formula is C19H22O6. The van der Waals surface area contributed by atoms with Gasteiger partial charge in [0.25, 0.3) is 0 Å². The Labute approximate surface area is 146 Å². The number of esters is 2. The van der Waals surface area contributed by atoms with Crippen LogP contribution in [-0.2, 0) is 19.1 Å². The number of allylic oxidation sites excluding steroid dienone is 1. The van der Waals surface area contributed by atoms with Gasteiger partial charge >= 0.3 is 11.9 Å². The number of hydrogen-bond acceptors (Lipinski definition) is 6. The van der Waals surface area contributed by atoms with Crippen LogP contribution in [0, 0.1) is 17.3 Å². The molecule has 25 heavy (non-hydrogen) atoms.